The molecular weight excluding hydrogens is 318 g/mol. The number of nitrogens with one attached hydrogen (secondary N) is 1. The van der Waals surface area contributed by atoms with Gasteiger partial charge in [0.05, 0.1) is 12.6 Å². The van der Waals surface area contributed by atoms with Crippen LogP contribution in [0.5, 0.6) is 5.75 Å². The molecule has 0 spiro atoms. The van der Waals surface area contributed by atoms with E-state index in [9.17, 15) is 9.59 Å². The van der Waals surface area contributed by atoms with Crippen molar-refractivity contribution >= 4 is 11.8 Å². The molecule has 1 atom stereocenters. The van der Waals surface area contributed by atoms with E-state index in [1.54, 1.807) is 4.90 Å². The van der Waals surface area contributed by atoms with Gasteiger partial charge in [0.1, 0.15) is 11.8 Å². The molecule has 1 aromatic rings. The van der Waals surface area contributed by atoms with E-state index in [0.717, 1.165) is 31.7 Å². The smallest absolute Gasteiger partial charge is 0.244 e. The summed E-state index contributed by atoms with van der Waals surface area (Å²) in [4.78, 5) is 28.0. The molecule has 134 valence electrons. The van der Waals surface area contributed by atoms with E-state index in [1.807, 2.05) is 12.1 Å². The van der Waals surface area contributed by atoms with Gasteiger partial charge < -0.3 is 15.0 Å². The number of hydrogen-bond acceptors (Lipinski definition) is 4. The highest BCUT2D eigenvalue weighted by atomic mass is 16.5. The van der Waals surface area contributed by atoms with Crippen molar-refractivity contribution in [3.05, 3.63) is 29.8 Å². The molecule has 3 fully saturated rings. The Morgan fingerprint density at radius 2 is 2.00 bits per heavy atom. The van der Waals surface area contributed by atoms with E-state index in [4.69, 9.17) is 4.74 Å². The Bertz CT molecular complexity index is 657. The van der Waals surface area contributed by atoms with E-state index in [-0.39, 0.29) is 24.4 Å². The summed E-state index contributed by atoms with van der Waals surface area (Å²) in [6, 6.07) is 7.91. The molecule has 0 aromatic heterocycles. The summed E-state index contributed by atoms with van der Waals surface area (Å²) < 4.78 is 6.09. The Labute approximate surface area is 148 Å². The van der Waals surface area contributed by atoms with Gasteiger partial charge in [0.2, 0.25) is 11.8 Å². The van der Waals surface area contributed by atoms with Crippen molar-refractivity contribution in [1.82, 2.24) is 15.1 Å². The number of amides is 2. The van der Waals surface area contributed by atoms with Crippen LogP contribution in [0, 0.1) is 0 Å². The van der Waals surface area contributed by atoms with Crippen LogP contribution in [0.15, 0.2) is 24.3 Å². The van der Waals surface area contributed by atoms with Gasteiger partial charge in [-0.1, -0.05) is 12.1 Å². The molecule has 2 amide bonds. The topological polar surface area (TPSA) is 61.9 Å². The summed E-state index contributed by atoms with van der Waals surface area (Å²) in [7, 11) is 0. The molecule has 6 heteroatoms. The van der Waals surface area contributed by atoms with Gasteiger partial charge in [0.15, 0.2) is 0 Å². The second-order valence-corrected chi connectivity index (χ2v) is 7.23. The van der Waals surface area contributed by atoms with Gasteiger partial charge in [-0.05, 0) is 43.4 Å². The van der Waals surface area contributed by atoms with Crippen LogP contribution < -0.4 is 10.1 Å². The van der Waals surface area contributed by atoms with E-state index in [2.05, 4.69) is 22.3 Å². The maximum absolute atomic E-state index is 12.1. The number of nitrogens with zero attached hydrogens (tertiary/aromatic N) is 2. The van der Waals surface area contributed by atoms with Crippen molar-refractivity contribution in [3.8, 4) is 5.75 Å². The molecule has 0 radical (unpaired) electrons. The van der Waals surface area contributed by atoms with Gasteiger partial charge in [-0.25, -0.2) is 0 Å². The zero-order chi connectivity index (χ0) is 17.2. The quantitative estimate of drug-likeness (QED) is 0.891. The maximum atomic E-state index is 12.1. The monoisotopic (exact) mass is 343 g/mol. The summed E-state index contributed by atoms with van der Waals surface area (Å²) >= 11 is 0. The fourth-order valence-electron chi connectivity index (χ4n) is 4.06. The molecule has 1 saturated carbocycles. The minimum atomic E-state index is -0.354. The molecule has 4 rings (SSSR count). The molecular formula is C19H25N3O3. The van der Waals surface area contributed by atoms with Crippen LogP contribution in [0.25, 0.3) is 0 Å². The predicted octanol–water partition coefficient (Wildman–Crippen LogP) is 1.15. The van der Waals surface area contributed by atoms with Crippen LogP contribution in [0.4, 0.5) is 0 Å². The number of carbonyl (C=O) groups excluding carboxylic acids is 2. The molecule has 2 saturated heterocycles. The number of piperazine rings is 2. The van der Waals surface area contributed by atoms with E-state index in [1.165, 1.54) is 18.4 Å². The third-order valence-corrected chi connectivity index (χ3v) is 5.41. The predicted molar refractivity (Wildman–Crippen MR) is 93.1 cm³/mol. The van der Waals surface area contributed by atoms with E-state index in [0.29, 0.717) is 19.2 Å². The first-order valence-corrected chi connectivity index (χ1v) is 9.24. The minimum Gasteiger partial charge on any atom is -0.490 e. The standard InChI is InChI=1S/C19H25N3O3/c23-18-11-20-19(24)17-13-21(8-9-22(17)18)12-14-4-3-7-16(10-14)25-15-5-1-2-6-15/h3-4,7,10,15,17H,1-2,5-6,8-9,11-13H2,(H,20,24)/t17-/m1/s1. The maximum Gasteiger partial charge on any atom is 0.244 e. The fraction of sp³-hybridized carbons (Fsp3) is 0.579. The second-order valence-electron chi connectivity index (χ2n) is 7.23. The summed E-state index contributed by atoms with van der Waals surface area (Å²) in [5.74, 6) is 0.924. The Morgan fingerprint density at radius 3 is 2.84 bits per heavy atom. The first-order chi connectivity index (χ1) is 12.2. The lowest BCUT2D eigenvalue weighted by molar-refractivity contribution is -0.149. The lowest BCUT2D eigenvalue weighted by Crippen LogP contribution is -2.65. The Kier molecular flexibility index (Phi) is 4.61. The second kappa shape index (κ2) is 7.04. The third kappa shape index (κ3) is 3.63. The average Bonchev–Trinajstić information content (AvgIpc) is 3.12. The van der Waals surface area contributed by atoms with Crippen LogP contribution >= 0.6 is 0 Å². The SMILES string of the molecule is O=C1NCC(=O)N2CCN(Cc3cccc(OC4CCCC4)c3)C[C@H]12. The lowest BCUT2D eigenvalue weighted by Gasteiger charge is -2.43. The van der Waals surface area contributed by atoms with Gasteiger partial charge in [-0.2, -0.15) is 0 Å². The first-order valence-electron chi connectivity index (χ1n) is 9.24. The highest BCUT2D eigenvalue weighted by Gasteiger charge is 2.38. The summed E-state index contributed by atoms with van der Waals surface area (Å²) in [5, 5.41) is 2.69. The number of ether oxygens (including phenoxy) is 1. The highest BCUT2D eigenvalue weighted by molar-refractivity contribution is 5.95. The molecule has 1 aromatic carbocycles. The van der Waals surface area contributed by atoms with Crippen molar-refractivity contribution in [2.75, 3.05) is 26.2 Å². The summed E-state index contributed by atoms with van der Waals surface area (Å²) in [6.45, 7) is 2.91. The largest absolute Gasteiger partial charge is 0.490 e. The highest BCUT2D eigenvalue weighted by Crippen LogP contribution is 2.25. The molecule has 2 aliphatic heterocycles. The fourth-order valence-corrected chi connectivity index (χ4v) is 4.06. The van der Waals surface area contributed by atoms with Crippen LogP contribution in [0.2, 0.25) is 0 Å². The van der Waals surface area contributed by atoms with Gasteiger partial charge in [0, 0.05) is 26.2 Å². The van der Waals surface area contributed by atoms with Crippen LogP contribution in [-0.2, 0) is 16.1 Å². The van der Waals surface area contributed by atoms with Gasteiger partial charge >= 0.3 is 0 Å². The van der Waals surface area contributed by atoms with Crippen molar-refractivity contribution in [1.29, 1.82) is 0 Å². The van der Waals surface area contributed by atoms with Crippen molar-refractivity contribution in [3.63, 3.8) is 0 Å². The van der Waals surface area contributed by atoms with Crippen LogP contribution in [0.3, 0.4) is 0 Å². The Morgan fingerprint density at radius 1 is 1.16 bits per heavy atom. The molecule has 1 N–H and O–H groups in total. The van der Waals surface area contributed by atoms with E-state index >= 15 is 0 Å². The molecule has 0 unspecified atom stereocenters. The Hall–Kier alpha value is -2.08. The zero-order valence-corrected chi connectivity index (χ0v) is 14.4. The Balaban J connectivity index is 1.39. The molecule has 6 nitrogen and oxygen atoms in total. The van der Waals surface area contributed by atoms with Gasteiger partial charge in [0.25, 0.3) is 0 Å². The number of rotatable bonds is 4. The first kappa shape index (κ1) is 16.4. The zero-order valence-electron chi connectivity index (χ0n) is 14.4. The molecule has 0 bridgehead atoms. The molecule has 1 aliphatic carbocycles. The third-order valence-electron chi connectivity index (χ3n) is 5.41. The lowest BCUT2D eigenvalue weighted by atomic mass is 10.1. The molecule has 2 heterocycles. The van der Waals surface area contributed by atoms with Gasteiger partial charge in [-0.3, -0.25) is 14.5 Å². The average molecular weight is 343 g/mol. The van der Waals surface area contributed by atoms with Crippen molar-refractivity contribution < 1.29 is 14.3 Å². The number of carbonyl (C=O) groups is 2. The minimum absolute atomic E-state index is 0.0243. The van der Waals surface area contributed by atoms with Crippen molar-refractivity contribution in [2.45, 2.75) is 44.4 Å². The number of hydrogen-bond donors (Lipinski definition) is 1. The van der Waals surface area contributed by atoms with E-state index < -0.39 is 0 Å². The number of fused-ring (bicyclic) bond motifs is 1. The van der Waals surface area contributed by atoms with Gasteiger partial charge in [-0.15, -0.1) is 0 Å². The number of benzene rings is 1. The molecule has 3 aliphatic rings. The summed E-state index contributed by atoms with van der Waals surface area (Å²) in [6.07, 6.45) is 5.18. The van der Waals surface area contributed by atoms with Crippen molar-refractivity contribution in [2.24, 2.45) is 0 Å². The van der Waals surface area contributed by atoms with Crippen LogP contribution in [0.1, 0.15) is 31.2 Å². The molecule has 25 heavy (non-hydrogen) atoms. The normalized spacial score (nSPS) is 25.0. The summed E-state index contributed by atoms with van der Waals surface area (Å²) in [5.41, 5.74) is 1.19. The van der Waals surface area contributed by atoms with Crippen LogP contribution in [-0.4, -0.2) is 59.9 Å².